The molecule has 0 radical (unpaired) electrons. The second-order valence-corrected chi connectivity index (χ2v) is 11.8. The predicted octanol–water partition coefficient (Wildman–Crippen LogP) is 9.59. The van der Waals surface area contributed by atoms with Gasteiger partial charge >= 0.3 is 30.7 Å². The molecule has 2 N–H and O–H groups in total. The van der Waals surface area contributed by atoms with Gasteiger partial charge < -0.3 is 24.7 Å². The normalized spacial score (nSPS) is 16.2. The van der Waals surface area contributed by atoms with E-state index in [2.05, 4.69) is 10.3 Å². The number of carbonyl (C=O) groups excluding carboxylic acids is 1. The molecule has 0 fully saturated rings. The molecule has 284 valence electrons. The number of anilines is 2. The zero-order valence-electron chi connectivity index (χ0n) is 27.7. The minimum Gasteiger partial charge on any atom is -0.492 e. The number of pyridine rings is 1. The molecule has 9 nitrogen and oxygen atoms in total. The number of halogens is 9. The van der Waals surface area contributed by atoms with Crippen molar-refractivity contribution in [2.45, 2.75) is 83.0 Å². The van der Waals surface area contributed by atoms with Crippen LogP contribution in [-0.4, -0.2) is 41.5 Å². The standard InChI is InChI=1S/C34H34F9N3O6/c1-3-24-17-27(26-16-21(32(35,36)37)8-9-28(26)46(24)52-31(49)50-4-2)45-30-20(14-25(18-44-30)51-10-6-5-7-29(47)48)11-19-12-22(33(38,39)40)15-23(13-19)34(41,42)43/h8-9,12-16,18,24,27H,3-7,10-11,17H2,1-2H3,(H,44,45)(H,47,48)/t24-,27+/m1/s1. The minimum atomic E-state index is -5.12. The number of hydrogen-bond donors (Lipinski definition) is 2. The maximum absolute atomic E-state index is 13.9. The molecule has 52 heavy (non-hydrogen) atoms. The number of rotatable bonds is 13. The van der Waals surface area contributed by atoms with Crippen molar-refractivity contribution in [2.24, 2.45) is 0 Å². The lowest BCUT2D eigenvalue weighted by molar-refractivity contribution is -0.143. The van der Waals surface area contributed by atoms with E-state index in [1.807, 2.05) is 0 Å². The van der Waals surface area contributed by atoms with Gasteiger partial charge in [0, 0.05) is 24.0 Å². The number of alkyl halides is 9. The lowest BCUT2D eigenvalue weighted by Gasteiger charge is -2.40. The second kappa shape index (κ2) is 16.2. The summed E-state index contributed by atoms with van der Waals surface area (Å²) in [5.41, 5.74) is -4.39. The summed E-state index contributed by atoms with van der Waals surface area (Å²) in [6.07, 6.45) is -14.7. The van der Waals surface area contributed by atoms with Gasteiger partial charge in [-0.2, -0.15) is 44.6 Å². The predicted molar refractivity (Wildman–Crippen MR) is 168 cm³/mol. The number of aromatic nitrogens is 1. The molecule has 1 aromatic heterocycles. The van der Waals surface area contributed by atoms with Crippen LogP contribution in [0.4, 0.5) is 55.8 Å². The van der Waals surface area contributed by atoms with Crippen molar-refractivity contribution in [2.75, 3.05) is 23.6 Å². The van der Waals surface area contributed by atoms with Crippen LogP contribution in [0.15, 0.2) is 48.7 Å². The van der Waals surface area contributed by atoms with Gasteiger partial charge in [0.25, 0.3) is 0 Å². The van der Waals surface area contributed by atoms with Gasteiger partial charge in [0.15, 0.2) is 0 Å². The third-order valence-corrected chi connectivity index (χ3v) is 8.06. The molecule has 0 saturated carbocycles. The lowest BCUT2D eigenvalue weighted by Crippen LogP contribution is -2.43. The first-order valence-corrected chi connectivity index (χ1v) is 16.0. The minimum absolute atomic E-state index is 0.00760. The highest BCUT2D eigenvalue weighted by atomic mass is 19.4. The summed E-state index contributed by atoms with van der Waals surface area (Å²) >= 11 is 0. The fourth-order valence-electron chi connectivity index (χ4n) is 5.63. The molecular weight excluding hydrogens is 717 g/mol. The zero-order chi connectivity index (χ0) is 38.4. The molecule has 3 aromatic rings. The molecule has 0 amide bonds. The summed E-state index contributed by atoms with van der Waals surface area (Å²) in [4.78, 5) is 32.8. The van der Waals surface area contributed by atoms with Crippen molar-refractivity contribution in [3.8, 4) is 5.75 Å². The molecule has 18 heteroatoms. The summed E-state index contributed by atoms with van der Waals surface area (Å²) in [7, 11) is 0. The van der Waals surface area contributed by atoms with Crippen LogP contribution in [0.2, 0.25) is 0 Å². The summed E-state index contributed by atoms with van der Waals surface area (Å²) in [6, 6.07) is 3.58. The highest BCUT2D eigenvalue weighted by molar-refractivity contribution is 5.67. The van der Waals surface area contributed by atoms with E-state index in [1.165, 1.54) is 19.2 Å². The number of unbranched alkanes of at least 4 members (excludes halogenated alkanes) is 1. The third-order valence-electron chi connectivity index (χ3n) is 8.06. The number of benzene rings is 2. The number of carboxylic acids is 1. The van der Waals surface area contributed by atoms with E-state index >= 15 is 0 Å². The summed E-state index contributed by atoms with van der Waals surface area (Å²) in [5, 5.41) is 13.0. The number of carboxylic acid groups (broad SMARTS) is 1. The van der Waals surface area contributed by atoms with E-state index in [-0.39, 0.29) is 66.9 Å². The van der Waals surface area contributed by atoms with E-state index in [0.29, 0.717) is 25.0 Å². The summed E-state index contributed by atoms with van der Waals surface area (Å²) < 4.78 is 134. The van der Waals surface area contributed by atoms with Gasteiger partial charge in [-0.25, -0.2) is 9.78 Å². The topological polar surface area (TPSA) is 110 Å². The average molecular weight is 752 g/mol. The van der Waals surface area contributed by atoms with Gasteiger partial charge in [-0.15, -0.1) is 0 Å². The lowest BCUT2D eigenvalue weighted by atomic mass is 9.89. The fourth-order valence-corrected chi connectivity index (χ4v) is 5.63. The quantitative estimate of drug-likeness (QED) is 0.100. The SMILES string of the molecule is CCOC(=O)ON1c2ccc(C(F)(F)F)cc2[C@@H](Nc2ncc(OCCCCC(=O)O)cc2Cc2cc(C(F)(F)F)cc(C(F)(F)F)c2)C[C@H]1CC. The maximum Gasteiger partial charge on any atom is 0.533 e. The van der Waals surface area contributed by atoms with E-state index in [1.54, 1.807) is 6.92 Å². The van der Waals surface area contributed by atoms with Gasteiger partial charge in [-0.3, -0.25) is 4.79 Å². The Bertz CT molecular complexity index is 1700. The van der Waals surface area contributed by atoms with Gasteiger partial charge in [-0.1, -0.05) is 6.92 Å². The van der Waals surface area contributed by atoms with Gasteiger partial charge in [-0.05, 0) is 80.6 Å². The van der Waals surface area contributed by atoms with E-state index in [0.717, 1.165) is 23.3 Å². The maximum atomic E-state index is 13.9. The smallest absolute Gasteiger partial charge is 0.492 e. The molecule has 1 aliphatic heterocycles. The first kappa shape index (κ1) is 39.9. The molecule has 0 bridgehead atoms. The molecule has 2 atom stereocenters. The van der Waals surface area contributed by atoms with Crippen molar-refractivity contribution in [3.05, 3.63) is 82.0 Å². The first-order valence-electron chi connectivity index (χ1n) is 16.0. The number of nitrogens with one attached hydrogen (secondary N) is 1. The van der Waals surface area contributed by atoms with Crippen LogP contribution in [-0.2, 0) is 39.3 Å². The molecule has 0 saturated heterocycles. The van der Waals surface area contributed by atoms with Crippen molar-refractivity contribution in [3.63, 3.8) is 0 Å². The Hall–Kier alpha value is -4.90. The first-order chi connectivity index (χ1) is 24.3. The third kappa shape index (κ3) is 10.3. The van der Waals surface area contributed by atoms with Gasteiger partial charge in [0.2, 0.25) is 0 Å². The second-order valence-electron chi connectivity index (χ2n) is 11.8. The van der Waals surface area contributed by atoms with Gasteiger partial charge in [0.05, 0.1) is 53.9 Å². The Morgan fingerprint density at radius 1 is 0.904 bits per heavy atom. The van der Waals surface area contributed by atoms with E-state index in [4.69, 9.17) is 19.4 Å². The van der Waals surface area contributed by atoms with E-state index in [9.17, 15) is 49.1 Å². The van der Waals surface area contributed by atoms with Crippen molar-refractivity contribution in [1.82, 2.24) is 4.98 Å². The number of fused-ring (bicyclic) bond motifs is 1. The average Bonchev–Trinajstić information content (AvgIpc) is 3.05. The van der Waals surface area contributed by atoms with Crippen LogP contribution in [0.25, 0.3) is 0 Å². The zero-order valence-corrected chi connectivity index (χ0v) is 27.7. The number of aliphatic carboxylic acids is 1. The van der Waals surface area contributed by atoms with Gasteiger partial charge in [0.1, 0.15) is 11.6 Å². The monoisotopic (exact) mass is 751 g/mol. The number of ether oxygens (including phenoxy) is 2. The van der Waals surface area contributed by atoms with Crippen LogP contribution in [0.1, 0.15) is 85.4 Å². The summed E-state index contributed by atoms with van der Waals surface area (Å²) in [5.74, 6) is -1.04. The Morgan fingerprint density at radius 2 is 1.56 bits per heavy atom. The van der Waals surface area contributed by atoms with Crippen molar-refractivity contribution < 1.29 is 68.5 Å². The fraction of sp³-hybridized carbons (Fsp3) is 0.441. The number of carbonyl (C=O) groups is 2. The highest BCUT2D eigenvalue weighted by Gasteiger charge is 2.40. The Kier molecular flexibility index (Phi) is 12.4. The Morgan fingerprint density at radius 3 is 2.13 bits per heavy atom. The molecule has 2 aromatic carbocycles. The molecule has 0 spiro atoms. The molecule has 0 aliphatic carbocycles. The molecular formula is C34H34F9N3O6. The summed E-state index contributed by atoms with van der Waals surface area (Å²) in [6.45, 7) is 3.23. The molecule has 0 unspecified atom stereocenters. The highest BCUT2D eigenvalue weighted by Crippen LogP contribution is 2.44. The molecule has 4 rings (SSSR count). The van der Waals surface area contributed by atoms with Crippen LogP contribution in [0.5, 0.6) is 5.75 Å². The van der Waals surface area contributed by atoms with Crippen LogP contribution in [0.3, 0.4) is 0 Å². The number of nitrogens with zero attached hydrogens (tertiary/aromatic N) is 2. The van der Waals surface area contributed by atoms with Crippen LogP contribution in [0, 0.1) is 0 Å². The van der Waals surface area contributed by atoms with E-state index < -0.39 is 71.4 Å². The van der Waals surface area contributed by atoms with Crippen molar-refractivity contribution in [1.29, 1.82) is 0 Å². The number of hydroxylamine groups is 1. The Balaban J connectivity index is 1.79. The largest absolute Gasteiger partial charge is 0.533 e. The Labute approximate surface area is 291 Å². The number of hydrogen-bond acceptors (Lipinski definition) is 8. The molecule has 1 aliphatic rings. The van der Waals surface area contributed by atoms with Crippen LogP contribution < -0.4 is 15.1 Å². The van der Waals surface area contributed by atoms with Crippen LogP contribution >= 0.6 is 0 Å². The molecule has 2 heterocycles. The van der Waals surface area contributed by atoms with Crippen molar-refractivity contribution >= 4 is 23.6 Å².